The molecule has 0 atom stereocenters. The first-order valence-electron chi connectivity index (χ1n) is 12.0. The molecule has 0 saturated carbocycles. The second-order valence-corrected chi connectivity index (χ2v) is 11.4. The van der Waals surface area contributed by atoms with E-state index in [0.717, 1.165) is 5.39 Å². The van der Waals surface area contributed by atoms with Gasteiger partial charge in [-0.2, -0.15) is 0 Å². The van der Waals surface area contributed by atoms with Gasteiger partial charge in [0.1, 0.15) is 0 Å². The van der Waals surface area contributed by atoms with Gasteiger partial charge in [0.05, 0.1) is 71.9 Å². The Morgan fingerprint density at radius 3 is 2.68 bits per heavy atom. The van der Waals surface area contributed by atoms with E-state index in [0.29, 0.717) is 33.9 Å². The van der Waals surface area contributed by atoms with Crippen molar-refractivity contribution < 1.29 is 27.1 Å². The number of ether oxygens (including phenoxy) is 2. The number of alkyl halides is 1. The van der Waals surface area contributed by atoms with E-state index in [1.165, 1.54) is 6.07 Å². The number of carbonyl (C=O) groups is 1. The third kappa shape index (κ3) is 4.64. The molecule has 6 rings (SSSR count). The van der Waals surface area contributed by atoms with Gasteiger partial charge >= 0.3 is 0 Å². The van der Waals surface area contributed by atoms with Gasteiger partial charge in [0.2, 0.25) is 0 Å². The van der Waals surface area contributed by atoms with Gasteiger partial charge in [-0.15, -0.1) is 0 Å². The summed E-state index contributed by atoms with van der Waals surface area (Å²) in [4.78, 5) is 26.5. The van der Waals surface area contributed by atoms with Crippen molar-refractivity contribution in [3.8, 4) is 11.4 Å². The highest BCUT2D eigenvalue weighted by Crippen LogP contribution is 2.33. The first-order chi connectivity index (χ1) is 18.3. The Bertz CT molecular complexity index is 1670. The molecule has 4 aromatic rings. The minimum absolute atomic E-state index is 0.00889. The number of sulfone groups is 1. The molecule has 194 valence electrons. The van der Waals surface area contributed by atoms with Crippen molar-refractivity contribution in [2.75, 3.05) is 25.6 Å². The van der Waals surface area contributed by atoms with E-state index in [2.05, 4.69) is 20.3 Å². The van der Waals surface area contributed by atoms with Crippen LogP contribution in [0, 0.1) is 0 Å². The third-order valence-corrected chi connectivity index (χ3v) is 8.37. The second-order valence-electron chi connectivity index (χ2n) is 9.31. The molecule has 0 unspecified atom stereocenters. The normalized spacial score (nSPS) is 17.7. The maximum atomic E-state index is 14.8. The van der Waals surface area contributed by atoms with Gasteiger partial charge in [-0.3, -0.25) is 9.78 Å². The molecule has 0 spiro atoms. The van der Waals surface area contributed by atoms with Gasteiger partial charge in [-0.25, -0.2) is 22.8 Å². The number of pyridine rings is 3. The number of nitrogens with one attached hydrogen (secondary N) is 1. The van der Waals surface area contributed by atoms with Crippen LogP contribution in [-0.4, -0.2) is 54.9 Å². The molecule has 1 N–H and O–H groups in total. The molecule has 5 heterocycles. The lowest BCUT2D eigenvalue weighted by Gasteiger charge is -2.33. The Balaban J connectivity index is 1.21. The molecule has 2 aliphatic heterocycles. The van der Waals surface area contributed by atoms with Gasteiger partial charge in [-0.05, 0) is 48.0 Å². The van der Waals surface area contributed by atoms with Crippen LogP contribution < -0.4 is 5.32 Å². The zero-order valence-corrected chi connectivity index (χ0v) is 21.0. The first kappa shape index (κ1) is 24.5. The highest BCUT2D eigenvalue weighted by Gasteiger charge is 2.42. The van der Waals surface area contributed by atoms with Gasteiger partial charge in [0.15, 0.2) is 15.5 Å². The van der Waals surface area contributed by atoms with Crippen molar-refractivity contribution in [2.24, 2.45) is 0 Å². The average molecular weight is 535 g/mol. The number of fused-ring (bicyclic) bond motifs is 2. The van der Waals surface area contributed by atoms with Crippen LogP contribution in [0.4, 0.5) is 4.39 Å². The van der Waals surface area contributed by atoms with E-state index in [-0.39, 0.29) is 49.2 Å². The number of halogens is 1. The molecular weight excluding hydrogens is 511 g/mol. The van der Waals surface area contributed by atoms with Gasteiger partial charge in [0.25, 0.3) is 5.91 Å². The van der Waals surface area contributed by atoms with Crippen LogP contribution in [0.1, 0.15) is 27.3 Å². The molecule has 1 aromatic carbocycles. The zero-order chi connectivity index (χ0) is 26.3. The number of rotatable bonds is 5. The van der Waals surface area contributed by atoms with E-state index in [4.69, 9.17) is 9.47 Å². The number of nitrogens with zero attached hydrogens (tertiary/aromatic N) is 3. The number of hydrogen-bond donors (Lipinski definition) is 1. The monoisotopic (exact) mass is 534 g/mol. The fourth-order valence-corrected chi connectivity index (χ4v) is 5.78. The predicted molar refractivity (Wildman–Crippen MR) is 136 cm³/mol. The molecule has 0 aliphatic carbocycles. The molecule has 38 heavy (non-hydrogen) atoms. The second kappa shape index (κ2) is 9.50. The number of benzene rings is 1. The lowest BCUT2D eigenvalue weighted by atomic mass is 9.99. The largest absolute Gasteiger partial charge is 0.376 e. The third-order valence-electron chi connectivity index (χ3n) is 6.61. The van der Waals surface area contributed by atoms with Crippen molar-refractivity contribution >= 4 is 26.6 Å². The van der Waals surface area contributed by atoms with Crippen molar-refractivity contribution in [3.63, 3.8) is 0 Å². The number of hydrogen-bond acceptors (Lipinski definition) is 8. The van der Waals surface area contributed by atoms with Crippen molar-refractivity contribution in [1.29, 1.82) is 0 Å². The van der Waals surface area contributed by atoms with Crippen molar-refractivity contribution in [3.05, 3.63) is 83.3 Å². The van der Waals surface area contributed by atoms with Crippen LogP contribution in [0.5, 0.6) is 0 Å². The summed E-state index contributed by atoms with van der Waals surface area (Å²) < 4.78 is 50.2. The Labute approximate surface area is 218 Å². The van der Waals surface area contributed by atoms with E-state index in [1.54, 1.807) is 48.7 Å². The number of aromatic nitrogens is 3. The minimum atomic E-state index is -3.52. The smallest absolute Gasteiger partial charge is 0.251 e. The standard InChI is InChI=1S/C27H23FN4O5S/c28-27(15-37-16-27)25-3-1-2-21(32-25)22-7-6-18-12-29-20(11-23(18)31-22)13-30-26(33)17-4-5-19-14-36-8-9-38(34,35)24(19)10-17/h1-7,10-12H,8-9,13-16H2,(H,30,33). The summed E-state index contributed by atoms with van der Waals surface area (Å²) in [6.45, 7) is 0.409. The number of amides is 1. The fourth-order valence-electron chi connectivity index (χ4n) is 4.39. The van der Waals surface area contributed by atoms with Gasteiger partial charge in [0, 0.05) is 17.1 Å². The quantitative estimate of drug-likeness (QED) is 0.415. The predicted octanol–water partition coefficient (Wildman–Crippen LogP) is 3.12. The summed E-state index contributed by atoms with van der Waals surface area (Å²) in [5.41, 5.74) is 1.87. The lowest BCUT2D eigenvalue weighted by Crippen LogP contribution is -2.43. The summed E-state index contributed by atoms with van der Waals surface area (Å²) in [7, 11) is -3.52. The fraction of sp³-hybridized carbons (Fsp3) is 0.259. The summed E-state index contributed by atoms with van der Waals surface area (Å²) in [5, 5.41) is 3.59. The summed E-state index contributed by atoms with van der Waals surface area (Å²) in [5.74, 6) is -0.540. The van der Waals surface area contributed by atoms with E-state index >= 15 is 0 Å². The Morgan fingerprint density at radius 2 is 1.87 bits per heavy atom. The van der Waals surface area contributed by atoms with Gasteiger partial charge in [-0.1, -0.05) is 12.1 Å². The molecule has 11 heteroatoms. The topological polar surface area (TPSA) is 120 Å². The van der Waals surface area contributed by atoms with Crippen LogP contribution >= 0.6 is 0 Å². The summed E-state index contributed by atoms with van der Waals surface area (Å²) in [6.07, 6.45) is 1.66. The van der Waals surface area contributed by atoms with E-state index in [9.17, 15) is 17.6 Å². The van der Waals surface area contributed by atoms with Crippen molar-refractivity contribution in [2.45, 2.75) is 23.7 Å². The minimum Gasteiger partial charge on any atom is -0.376 e. The lowest BCUT2D eigenvalue weighted by molar-refractivity contribution is -0.137. The number of carbonyl (C=O) groups excluding carboxylic acids is 1. The van der Waals surface area contributed by atoms with Crippen LogP contribution in [0.15, 0.2) is 65.7 Å². The molecule has 0 radical (unpaired) electrons. The molecule has 1 saturated heterocycles. The summed E-state index contributed by atoms with van der Waals surface area (Å²) >= 11 is 0. The molecule has 3 aromatic heterocycles. The maximum Gasteiger partial charge on any atom is 0.251 e. The SMILES string of the molecule is O=C(NCc1cc2nc(-c3cccc(C4(F)COC4)n3)ccc2cn1)c1ccc2c(c1)S(=O)(=O)CCOC2. The highest BCUT2D eigenvalue weighted by atomic mass is 32.2. The molecule has 1 amide bonds. The van der Waals surface area contributed by atoms with Crippen LogP contribution in [-0.2, 0) is 38.1 Å². The van der Waals surface area contributed by atoms with E-state index < -0.39 is 21.4 Å². The first-order valence-corrected chi connectivity index (χ1v) is 13.7. The van der Waals surface area contributed by atoms with E-state index in [1.807, 2.05) is 6.07 Å². The molecular formula is C27H23FN4O5S. The molecule has 9 nitrogen and oxygen atoms in total. The molecule has 0 bridgehead atoms. The van der Waals surface area contributed by atoms with Crippen LogP contribution in [0.25, 0.3) is 22.3 Å². The van der Waals surface area contributed by atoms with Crippen LogP contribution in [0.2, 0.25) is 0 Å². The zero-order valence-electron chi connectivity index (χ0n) is 20.2. The Hall–Kier alpha value is -3.80. The molecule has 2 aliphatic rings. The summed E-state index contributed by atoms with van der Waals surface area (Å²) in [6, 6.07) is 15.2. The van der Waals surface area contributed by atoms with Gasteiger partial charge < -0.3 is 14.8 Å². The van der Waals surface area contributed by atoms with Crippen molar-refractivity contribution in [1.82, 2.24) is 20.3 Å². The highest BCUT2D eigenvalue weighted by molar-refractivity contribution is 7.91. The van der Waals surface area contributed by atoms with Crippen LogP contribution in [0.3, 0.4) is 0 Å². The Morgan fingerprint density at radius 1 is 1.03 bits per heavy atom. The molecule has 1 fully saturated rings. The average Bonchev–Trinajstić information content (AvgIpc) is 3.07. The maximum absolute atomic E-state index is 14.8. The Kier molecular flexibility index (Phi) is 6.13.